The molecular weight excluding hydrogens is 280 g/mol. The molecule has 1 aliphatic rings. The van der Waals surface area contributed by atoms with Gasteiger partial charge in [-0.15, -0.1) is 0 Å². The Kier molecular flexibility index (Phi) is 5.95. The van der Waals surface area contributed by atoms with Crippen LogP contribution in [0.2, 0.25) is 5.02 Å². The van der Waals surface area contributed by atoms with Crippen molar-refractivity contribution in [2.75, 3.05) is 18.0 Å². The van der Waals surface area contributed by atoms with E-state index in [1.807, 2.05) is 6.07 Å². The smallest absolute Gasteiger partial charge is 0.0415 e. The van der Waals surface area contributed by atoms with Crippen LogP contribution in [0.25, 0.3) is 0 Å². The van der Waals surface area contributed by atoms with Crippen LogP contribution in [0.1, 0.15) is 46.1 Å². The average Bonchev–Trinajstić information content (AvgIpc) is 2.39. The normalized spacial score (nSPS) is 22.9. The summed E-state index contributed by atoms with van der Waals surface area (Å²) in [5, 5.41) is 4.38. The first-order chi connectivity index (χ1) is 9.97. The minimum absolute atomic E-state index is 0.610. The highest BCUT2D eigenvalue weighted by molar-refractivity contribution is 6.30. The topological polar surface area (TPSA) is 15.3 Å². The van der Waals surface area contributed by atoms with E-state index in [4.69, 9.17) is 11.6 Å². The van der Waals surface area contributed by atoms with E-state index in [1.54, 1.807) is 0 Å². The Labute approximate surface area is 134 Å². The van der Waals surface area contributed by atoms with E-state index in [-0.39, 0.29) is 0 Å². The molecule has 0 spiro atoms. The van der Waals surface area contributed by atoms with E-state index < -0.39 is 0 Å². The molecular formula is C18H29ClN2. The summed E-state index contributed by atoms with van der Waals surface area (Å²) in [6.07, 6.45) is 2.56. The summed E-state index contributed by atoms with van der Waals surface area (Å²) < 4.78 is 0. The van der Waals surface area contributed by atoms with Gasteiger partial charge in [0.25, 0.3) is 0 Å². The zero-order valence-corrected chi connectivity index (χ0v) is 14.6. The predicted octanol–water partition coefficient (Wildman–Crippen LogP) is 4.71. The summed E-state index contributed by atoms with van der Waals surface area (Å²) in [4.78, 5) is 2.56. The third kappa shape index (κ3) is 4.62. The fourth-order valence-electron chi connectivity index (χ4n) is 3.24. The lowest BCUT2D eigenvalue weighted by Gasteiger charge is -2.39. The molecule has 1 heterocycles. The van der Waals surface area contributed by atoms with Gasteiger partial charge in [-0.25, -0.2) is 0 Å². The van der Waals surface area contributed by atoms with E-state index in [0.29, 0.717) is 12.0 Å². The minimum atomic E-state index is 0.610. The largest absolute Gasteiger partial charge is 0.369 e. The third-order valence-corrected chi connectivity index (χ3v) is 4.59. The van der Waals surface area contributed by atoms with Crippen molar-refractivity contribution in [1.29, 1.82) is 0 Å². The second-order valence-electron chi connectivity index (χ2n) is 6.97. The summed E-state index contributed by atoms with van der Waals surface area (Å²) >= 11 is 6.21. The van der Waals surface area contributed by atoms with Crippen LogP contribution in [0, 0.1) is 11.8 Å². The van der Waals surface area contributed by atoms with Crippen LogP contribution >= 0.6 is 11.6 Å². The predicted molar refractivity (Wildman–Crippen MR) is 93.2 cm³/mol. The quantitative estimate of drug-likeness (QED) is 0.847. The second kappa shape index (κ2) is 7.51. The molecule has 1 N–H and O–H groups in total. The molecule has 2 atom stereocenters. The van der Waals surface area contributed by atoms with Crippen LogP contribution in [-0.4, -0.2) is 19.1 Å². The third-order valence-electron chi connectivity index (χ3n) is 4.36. The van der Waals surface area contributed by atoms with Gasteiger partial charge in [0.15, 0.2) is 0 Å². The Morgan fingerprint density at radius 3 is 2.76 bits per heavy atom. The zero-order chi connectivity index (χ0) is 15.4. The number of benzene rings is 1. The number of halogens is 1. The molecule has 2 nitrogen and oxygen atoms in total. The van der Waals surface area contributed by atoms with E-state index in [0.717, 1.165) is 30.6 Å². The number of anilines is 1. The molecule has 3 heteroatoms. The first-order valence-corrected chi connectivity index (χ1v) is 8.61. The molecule has 1 fully saturated rings. The maximum atomic E-state index is 6.21. The van der Waals surface area contributed by atoms with Crippen molar-refractivity contribution in [1.82, 2.24) is 5.32 Å². The van der Waals surface area contributed by atoms with Gasteiger partial charge in [-0.05, 0) is 61.9 Å². The molecule has 2 unspecified atom stereocenters. The Balaban J connectivity index is 2.14. The number of rotatable bonds is 5. The van der Waals surface area contributed by atoms with Gasteiger partial charge in [-0.1, -0.05) is 32.4 Å². The lowest BCUT2D eigenvalue weighted by molar-refractivity contribution is 0.377. The van der Waals surface area contributed by atoms with Gasteiger partial charge in [0, 0.05) is 29.8 Å². The van der Waals surface area contributed by atoms with Crippen molar-refractivity contribution in [3.05, 3.63) is 28.8 Å². The number of hydrogen-bond donors (Lipinski definition) is 1. The first kappa shape index (κ1) is 16.6. The van der Waals surface area contributed by atoms with Gasteiger partial charge in [0.1, 0.15) is 0 Å². The number of nitrogens with one attached hydrogen (secondary N) is 1. The van der Waals surface area contributed by atoms with E-state index in [9.17, 15) is 0 Å². The van der Waals surface area contributed by atoms with Crippen molar-refractivity contribution in [2.24, 2.45) is 11.8 Å². The molecule has 0 bridgehead atoms. The van der Waals surface area contributed by atoms with Crippen molar-refractivity contribution < 1.29 is 0 Å². The lowest BCUT2D eigenvalue weighted by Crippen LogP contribution is -2.41. The molecule has 0 amide bonds. The summed E-state index contributed by atoms with van der Waals surface area (Å²) in [6, 6.07) is 6.95. The molecule has 1 aromatic carbocycles. The summed E-state index contributed by atoms with van der Waals surface area (Å²) in [6.45, 7) is 12.3. The maximum Gasteiger partial charge on any atom is 0.0415 e. The molecule has 21 heavy (non-hydrogen) atoms. The molecule has 0 saturated carbocycles. The lowest BCUT2D eigenvalue weighted by atomic mass is 9.92. The van der Waals surface area contributed by atoms with Gasteiger partial charge in [0.2, 0.25) is 0 Å². The van der Waals surface area contributed by atoms with Crippen LogP contribution in [-0.2, 0) is 6.54 Å². The SMILES string of the molecule is CC(C)CNCc1cc(Cl)ccc1N1CCC(C)CC1C. The van der Waals surface area contributed by atoms with Gasteiger partial charge in [-0.2, -0.15) is 0 Å². The highest BCUT2D eigenvalue weighted by Gasteiger charge is 2.24. The fourth-order valence-corrected chi connectivity index (χ4v) is 3.43. The molecule has 0 radical (unpaired) electrons. The zero-order valence-electron chi connectivity index (χ0n) is 13.8. The standard InChI is InChI=1S/C18H29ClN2/c1-13(2)11-20-12-16-10-17(19)5-6-18(16)21-8-7-14(3)9-15(21)4/h5-6,10,13-15,20H,7-9,11-12H2,1-4H3. The number of hydrogen-bond acceptors (Lipinski definition) is 2. The van der Waals surface area contributed by atoms with Gasteiger partial charge < -0.3 is 10.2 Å². The monoisotopic (exact) mass is 308 g/mol. The van der Waals surface area contributed by atoms with Crippen LogP contribution in [0.3, 0.4) is 0 Å². The highest BCUT2D eigenvalue weighted by atomic mass is 35.5. The van der Waals surface area contributed by atoms with Crippen LogP contribution in [0.5, 0.6) is 0 Å². The van der Waals surface area contributed by atoms with Gasteiger partial charge >= 0.3 is 0 Å². The Bertz CT molecular complexity index is 459. The summed E-state index contributed by atoms with van der Waals surface area (Å²) in [5.41, 5.74) is 2.68. The van der Waals surface area contributed by atoms with Crippen LogP contribution < -0.4 is 10.2 Å². The van der Waals surface area contributed by atoms with Crippen molar-refractivity contribution in [3.8, 4) is 0 Å². The Morgan fingerprint density at radius 1 is 1.33 bits per heavy atom. The fraction of sp³-hybridized carbons (Fsp3) is 0.667. The summed E-state index contributed by atoms with van der Waals surface area (Å²) in [7, 11) is 0. The molecule has 118 valence electrons. The van der Waals surface area contributed by atoms with Crippen LogP contribution in [0.15, 0.2) is 18.2 Å². The molecule has 1 aromatic rings. The molecule has 2 rings (SSSR count). The summed E-state index contributed by atoms with van der Waals surface area (Å²) in [5.74, 6) is 1.51. The molecule has 0 aliphatic carbocycles. The molecule has 0 aromatic heterocycles. The molecule has 1 saturated heterocycles. The van der Waals surface area contributed by atoms with Crippen molar-refractivity contribution in [3.63, 3.8) is 0 Å². The maximum absolute atomic E-state index is 6.21. The van der Waals surface area contributed by atoms with Gasteiger partial charge in [0.05, 0.1) is 0 Å². The first-order valence-electron chi connectivity index (χ1n) is 8.23. The highest BCUT2D eigenvalue weighted by Crippen LogP contribution is 2.31. The van der Waals surface area contributed by atoms with E-state index >= 15 is 0 Å². The Morgan fingerprint density at radius 2 is 2.10 bits per heavy atom. The van der Waals surface area contributed by atoms with Crippen LogP contribution in [0.4, 0.5) is 5.69 Å². The van der Waals surface area contributed by atoms with E-state index in [2.05, 4.69) is 50.0 Å². The number of piperidine rings is 1. The number of nitrogens with zero attached hydrogens (tertiary/aromatic N) is 1. The van der Waals surface area contributed by atoms with Crippen molar-refractivity contribution in [2.45, 2.75) is 53.1 Å². The Hall–Kier alpha value is -0.730. The second-order valence-corrected chi connectivity index (χ2v) is 7.41. The molecule has 1 aliphatic heterocycles. The van der Waals surface area contributed by atoms with Gasteiger partial charge in [-0.3, -0.25) is 0 Å². The minimum Gasteiger partial charge on any atom is -0.369 e. The van der Waals surface area contributed by atoms with E-state index in [1.165, 1.54) is 24.1 Å². The van der Waals surface area contributed by atoms with Crippen molar-refractivity contribution >= 4 is 17.3 Å². The average molecular weight is 309 g/mol.